The number of carbonyl (C=O) groups is 1. The Morgan fingerprint density at radius 3 is 2.94 bits per heavy atom. The lowest BCUT2D eigenvalue weighted by Gasteiger charge is -2.31. The van der Waals surface area contributed by atoms with Crippen LogP contribution in [0.15, 0.2) is 24.3 Å². The highest BCUT2D eigenvalue weighted by Crippen LogP contribution is 2.26. The molecule has 0 saturated carbocycles. The maximum absolute atomic E-state index is 13.2. The Morgan fingerprint density at radius 2 is 2.18 bits per heavy atom. The average Bonchev–Trinajstić information content (AvgIpc) is 2.75. The van der Waals surface area contributed by atoms with Crippen LogP contribution in [0.4, 0.5) is 10.1 Å². The number of para-hydroxylation sites is 1. The lowest BCUT2D eigenvalue weighted by atomic mass is 9.98. The standard InChI is InChI=1S/C13H15FN2O/c14-10-5-6-16(8-10)12-7-9-3-1-2-4-11(9)15-13(12)17/h1-4,10,12H,5-8H2,(H,15,17)/t10-,12?/m0/s1. The quantitative estimate of drug-likeness (QED) is 0.800. The fourth-order valence-electron chi connectivity index (χ4n) is 2.66. The van der Waals surface area contributed by atoms with E-state index in [2.05, 4.69) is 5.32 Å². The number of amides is 1. The van der Waals surface area contributed by atoms with Gasteiger partial charge in [0.2, 0.25) is 5.91 Å². The van der Waals surface area contributed by atoms with E-state index in [0.717, 1.165) is 11.3 Å². The number of fused-ring (bicyclic) bond motifs is 1. The van der Waals surface area contributed by atoms with Gasteiger partial charge in [-0.3, -0.25) is 9.69 Å². The molecule has 1 aromatic carbocycles. The first-order valence-corrected chi connectivity index (χ1v) is 6.01. The SMILES string of the molecule is O=C1Nc2ccccc2CC1N1CC[C@H](F)C1. The van der Waals surface area contributed by atoms with Gasteiger partial charge in [-0.05, 0) is 24.5 Å². The first-order valence-electron chi connectivity index (χ1n) is 6.01. The second-order valence-corrected chi connectivity index (χ2v) is 4.75. The van der Waals surface area contributed by atoms with Crippen molar-refractivity contribution < 1.29 is 9.18 Å². The number of anilines is 1. The largest absolute Gasteiger partial charge is 0.324 e. The molecule has 0 spiro atoms. The molecule has 90 valence electrons. The van der Waals surface area contributed by atoms with Gasteiger partial charge in [0.25, 0.3) is 0 Å². The second-order valence-electron chi connectivity index (χ2n) is 4.75. The Bertz CT molecular complexity index is 449. The molecule has 17 heavy (non-hydrogen) atoms. The Hall–Kier alpha value is -1.42. The molecule has 2 atom stereocenters. The predicted molar refractivity (Wildman–Crippen MR) is 63.6 cm³/mol. The number of halogens is 1. The zero-order valence-corrected chi connectivity index (χ0v) is 9.53. The summed E-state index contributed by atoms with van der Waals surface area (Å²) >= 11 is 0. The van der Waals surface area contributed by atoms with E-state index in [4.69, 9.17) is 0 Å². The molecular weight excluding hydrogens is 219 g/mol. The fourth-order valence-corrected chi connectivity index (χ4v) is 2.66. The van der Waals surface area contributed by atoms with Crippen molar-refractivity contribution in [2.24, 2.45) is 0 Å². The van der Waals surface area contributed by atoms with E-state index in [1.807, 2.05) is 29.2 Å². The number of benzene rings is 1. The Morgan fingerprint density at radius 1 is 1.35 bits per heavy atom. The van der Waals surface area contributed by atoms with Crippen LogP contribution in [0, 0.1) is 0 Å². The molecule has 0 radical (unpaired) electrons. The number of rotatable bonds is 1. The van der Waals surface area contributed by atoms with E-state index in [-0.39, 0.29) is 11.9 Å². The molecule has 1 unspecified atom stereocenters. The Kier molecular flexibility index (Phi) is 2.59. The summed E-state index contributed by atoms with van der Waals surface area (Å²) in [6, 6.07) is 7.60. The smallest absolute Gasteiger partial charge is 0.242 e. The minimum atomic E-state index is -0.778. The van der Waals surface area contributed by atoms with Gasteiger partial charge < -0.3 is 5.32 Å². The van der Waals surface area contributed by atoms with Crippen molar-refractivity contribution in [3.05, 3.63) is 29.8 Å². The number of nitrogens with one attached hydrogen (secondary N) is 1. The average molecular weight is 234 g/mol. The molecule has 1 amide bonds. The van der Waals surface area contributed by atoms with Crippen LogP contribution in [0.2, 0.25) is 0 Å². The molecule has 2 aliphatic heterocycles. The third-order valence-electron chi connectivity index (χ3n) is 3.59. The number of hydrogen-bond acceptors (Lipinski definition) is 2. The third kappa shape index (κ3) is 1.93. The summed E-state index contributed by atoms with van der Waals surface area (Å²) in [4.78, 5) is 13.9. The van der Waals surface area contributed by atoms with Crippen molar-refractivity contribution in [1.82, 2.24) is 4.90 Å². The van der Waals surface area contributed by atoms with Gasteiger partial charge in [-0.2, -0.15) is 0 Å². The van der Waals surface area contributed by atoms with E-state index in [0.29, 0.717) is 25.9 Å². The number of hydrogen-bond donors (Lipinski definition) is 1. The molecule has 0 bridgehead atoms. The van der Waals surface area contributed by atoms with Crippen LogP contribution in [0.3, 0.4) is 0 Å². The summed E-state index contributed by atoms with van der Waals surface area (Å²) in [5.74, 6) is -0.00204. The van der Waals surface area contributed by atoms with Crippen LogP contribution in [0.25, 0.3) is 0 Å². The van der Waals surface area contributed by atoms with E-state index in [9.17, 15) is 9.18 Å². The van der Waals surface area contributed by atoms with Crippen LogP contribution < -0.4 is 5.32 Å². The minimum absolute atomic E-state index is 0.00204. The summed E-state index contributed by atoms with van der Waals surface area (Å²) in [7, 11) is 0. The topological polar surface area (TPSA) is 32.3 Å². The van der Waals surface area contributed by atoms with E-state index >= 15 is 0 Å². The zero-order valence-electron chi connectivity index (χ0n) is 9.53. The lowest BCUT2D eigenvalue weighted by molar-refractivity contribution is -0.121. The van der Waals surface area contributed by atoms with E-state index in [1.165, 1.54) is 0 Å². The van der Waals surface area contributed by atoms with Crippen LogP contribution in [-0.2, 0) is 11.2 Å². The van der Waals surface area contributed by atoms with Crippen molar-refractivity contribution in [3.63, 3.8) is 0 Å². The second kappa shape index (κ2) is 4.11. The highest BCUT2D eigenvalue weighted by atomic mass is 19.1. The molecule has 4 heteroatoms. The molecule has 1 N–H and O–H groups in total. The van der Waals surface area contributed by atoms with Gasteiger partial charge in [0.15, 0.2) is 0 Å². The summed E-state index contributed by atoms with van der Waals surface area (Å²) in [6.45, 7) is 1.07. The molecule has 3 rings (SSSR count). The molecule has 1 aromatic rings. The van der Waals surface area contributed by atoms with Gasteiger partial charge in [-0.1, -0.05) is 18.2 Å². The number of carbonyl (C=O) groups excluding carboxylic acids is 1. The normalized spacial score (nSPS) is 28.9. The van der Waals surface area contributed by atoms with Crippen molar-refractivity contribution in [2.75, 3.05) is 18.4 Å². The van der Waals surface area contributed by atoms with Gasteiger partial charge >= 0.3 is 0 Å². The number of likely N-dealkylation sites (tertiary alicyclic amines) is 1. The monoisotopic (exact) mass is 234 g/mol. The van der Waals surface area contributed by atoms with Crippen LogP contribution in [0.5, 0.6) is 0 Å². The molecule has 0 aromatic heterocycles. The van der Waals surface area contributed by atoms with Crippen molar-refractivity contribution in [1.29, 1.82) is 0 Å². The molecular formula is C13H15FN2O. The fraction of sp³-hybridized carbons (Fsp3) is 0.462. The van der Waals surface area contributed by atoms with Crippen molar-refractivity contribution in [3.8, 4) is 0 Å². The highest BCUT2D eigenvalue weighted by molar-refractivity contribution is 5.98. The highest BCUT2D eigenvalue weighted by Gasteiger charge is 2.35. The Labute approximate surface area is 99.6 Å². The van der Waals surface area contributed by atoms with Gasteiger partial charge in [-0.25, -0.2) is 4.39 Å². The van der Waals surface area contributed by atoms with E-state index < -0.39 is 6.17 Å². The van der Waals surface area contributed by atoms with Crippen LogP contribution >= 0.6 is 0 Å². The van der Waals surface area contributed by atoms with Gasteiger partial charge in [0.05, 0.1) is 6.04 Å². The maximum Gasteiger partial charge on any atom is 0.242 e. The Balaban J connectivity index is 1.82. The first kappa shape index (κ1) is 10.7. The van der Waals surface area contributed by atoms with Crippen LogP contribution in [-0.4, -0.2) is 36.1 Å². The molecule has 2 heterocycles. The first-order chi connectivity index (χ1) is 8.24. The van der Waals surface area contributed by atoms with Crippen molar-refractivity contribution in [2.45, 2.75) is 25.1 Å². The maximum atomic E-state index is 13.2. The predicted octanol–water partition coefficient (Wildman–Crippen LogP) is 1.59. The van der Waals surface area contributed by atoms with Crippen molar-refractivity contribution >= 4 is 11.6 Å². The number of alkyl halides is 1. The molecule has 2 aliphatic rings. The van der Waals surface area contributed by atoms with Gasteiger partial charge in [-0.15, -0.1) is 0 Å². The summed E-state index contributed by atoms with van der Waals surface area (Å²) in [5, 5.41) is 2.90. The minimum Gasteiger partial charge on any atom is -0.324 e. The number of nitrogens with zero attached hydrogens (tertiary/aromatic N) is 1. The summed E-state index contributed by atoms with van der Waals surface area (Å²) in [6.07, 6.45) is 0.458. The zero-order chi connectivity index (χ0) is 11.8. The van der Waals surface area contributed by atoms with E-state index in [1.54, 1.807) is 0 Å². The van der Waals surface area contributed by atoms with Crippen LogP contribution in [0.1, 0.15) is 12.0 Å². The van der Waals surface area contributed by atoms with Gasteiger partial charge in [0, 0.05) is 18.8 Å². The summed E-state index contributed by atoms with van der Waals surface area (Å²) < 4.78 is 13.2. The molecule has 1 saturated heterocycles. The third-order valence-corrected chi connectivity index (χ3v) is 3.59. The summed E-state index contributed by atoms with van der Waals surface area (Å²) in [5.41, 5.74) is 2.03. The lowest BCUT2D eigenvalue weighted by Crippen LogP contribution is -2.47. The molecule has 3 nitrogen and oxygen atoms in total. The molecule has 1 fully saturated rings. The van der Waals surface area contributed by atoms with Gasteiger partial charge in [0.1, 0.15) is 6.17 Å². The molecule has 0 aliphatic carbocycles.